The number of ether oxygens (including phenoxy) is 1. The van der Waals surface area contributed by atoms with Crippen molar-refractivity contribution in [2.24, 2.45) is 4.99 Å². The number of nitrogens with zero attached hydrogens (tertiary/aromatic N) is 3. The molecule has 0 saturated heterocycles. The Morgan fingerprint density at radius 1 is 1.36 bits per heavy atom. The van der Waals surface area contributed by atoms with Gasteiger partial charge >= 0.3 is 0 Å². The molecule has 28 heavy (non-hydrogen) atoms. The number of benzene rings is 1. The summed E-state index contributed by atoms with van der Waals surface area (Å²) in [6.45, 7) is 9.25. The highest BCUT2D eigenvalue weighted by Crippen LogP contribution is 2.26. The van der Waals surface area contributed by atoms with Gasteiger partial charge in [0.1, 0.15) is 10.7 Å². The van der Waals surface area contributed by atoms with Gasteiger partial charge in [0.15, 0.2) is 4.80 Å². The van der Waals surface area contributed by atoms with E-state index in [9.17, 15) is 0 Å². The minimum atomic E-state index is 0.0214. The number of aromatic nitrogens is 2. The lowest BCUT2D eigenvalue weighted by molar-refractivity contribution is 0.414. The molecule has 0 radical (unpaired) electrons. The monoisotopic (exact) mass is 451 g/mol. The molecule has 4 nitrogen and oxygen atoms in total. The first-order valence-corrected chi connectivity index (χ1v) is 11.2. The first kappa shape index (κ1) is 21.2. The molecule has 0 aliphatic heterocycles. The fourth-order valence-corrected chi connectivity index (χ4v) is 4.71. The van der Waals surface area contributed by atoms with Crippen molar-refractivity contribution in [2.45, 2.75) is 39.7 Å². The van der Waals surface area contributed by atoms with E-state index in [-0.39, 0.29) is 5.41 Å². The van der Waals surface area contributed by atoms with Crippen LogP contribution in [0.5, 0.6) is 5.75 Å². The Morgan fingerprint density at radius 3 is 2.71 bits per heavy atom. The molecule has 0 atom stereocenters. The Bertz CT molecular complexity index is 1070. The number of hydrogen-bond acceptors (Lipinski definition) is 5. The van der Waals surface area contributed by atoms with Crippen LogP contribution in [0.3, 0.4) is 0 Å². The van der Waals surface area contributed by atoms with Crippen molar-refractivity contribution in [3.05, 3.63) is 60.7 Å². The first-order valence-electron chi connectivity index (χ1n) is 8.71. The van der Waals surface area contributed by atoms with Crippen LogP contribution in [0.2, 0.25) is 5.02 Å². The van der Waals surface area contributed by atoms with Crippen molar-refractivity contribution < 1.29 is 4.74 Å². The zero-order valence-electron chi connectivity index (χ0n) is 16.4. The van der Waals surface area contributed by atoms with Crippen molar-refractivity contribution in [3.8, 4) is 5.75 Å². The molecular weight excluding hydrogens is 430 g/mol. The summed E-state index contributed by atoms with van der Waals surface area (Å²) in [6.07, 6.45) is 2.15. The molecule has 0 aliphatic rings. The maximum Gasteiger partial charge on any atom is 0.191 e. The third-order valence-corrected chi connectivity index (χ3v) is 6.86. The molecule has 0 spiro atoms. The smallest absolute Gasteiger partial charge is 0.191 e. The van der Waals surface area contributed by atoms with Gasteiger partial charge in [0.25, 0.3) is 0 Å². The highest BCUT2D eigenvalue weighted by molar-refractivity contribution is 7.80. The fourth-order valence-electron chi connectivity index (χ4n) is 2.58. The van der Waals surface area contributed by atoms with E-state index in [1.807, 2.05) is 6.92 Å². The molecule has 0 N–H and O–H groups in total. The van der Waals surface area contributed by atoms with Gasteiger partial charge in [-0.25, -0.2) is 9.98 Å². The zero-order valence-corrected chi connectivity index (χ0v) is 19.7. The molecule has 0 saturated carbocycles. The first-order chi connectivity index (χ1) is 13.2. The van der Waals surface area contributed by atoms with Crippen LogP contribution in [0.1, 0.15) is 41.9 Å². The van der Waals surface area contributed by atoms with Gasteiger partial charge in [-0.05, 0) is 30.5 Å². The third kappa shape index (κ3) is 4.89. The second kappa shape index (κ2) is 8.45. The van der Waals surface area contributed by atoms with E-state index in [2.05, 4.69) is 41.9 Å². The Morgan fingerprint density at radius 2 is 2.11 bits per heavy atom. The molecule has 2 heterocycles. The van der Waals surface area contributed by atoms with Crippen LogP contribution < -0.4 is 9.54 Å². The maximum atomic E-state index is 6.16. The molecule has 8 heteroatoms. The number of rotatable bonds is 4. The van der Waals surface area contributed by atoms with E-state index in [1.54, 1.807) is 48.0 Å². The molecular formula is C20H22ClN3OS3. The van der Waals surface area contributed by atoms with E-state index in [0.29, 0.717) is 27.9 Å². The fraction of sp³-hybridized carbons (Fsp3) is 0.350. The number of hydrogen-bond donors (Lipinski definition) is 0. The van der Waals surface area contributed by atoms with Crippen LogP contribution in [-0.4, -0.2) is 21.6 Å². The summed E-state index contributed by atoms with van der Waals surface area (Å²) in [5.74, 6) is 0.660. The third-order valence-electron chi connectivity index (χ3n) is 4.05. The summed E-state index contributed by atoms with van der Waals surface area (Å²) in [4.78, 5) is 11.9. The average Bonchev–Trinajstić information content (AvgIpc) is 3.21. The van der Waals surface area contributed by atoms with E-state index < -0.39 is 0 Å². The van der Waals surface area contributed by atoms with E-state index >= 15 is 0 Å². The Balaban J connectivity index is 2.07. The van der Waals surface area contributed by atoms with E-state index in [4.69, 9.17) is 33.5 Å². The Labute approximate surface area is 183 Å². The van der Waals surface area contributed by atoms with Crippen LogP contribution in [0.4, 0.5) is 0 Å². The average molecular weight is 452 g/mol. The molecule has 3 aromatic rings. The van der Waals surface area contributed by atoms with Gasteiger partial charge < -0.3 is 9.30 Å². The summed E-state index contributed by atoms with van der Waals surface area (Å²) in [6, 6.07) is 5.37. The second-order valence-electron chi connectivity index (χ2n) is 7.38. The second-order valence-corrected chi connectivity index (χ2v) is 10.3. The van der Waals surface area contributed by atoms with Crippen molar-refractivity contribution in [2.75, 3.05) is 7.11 Å². The highest BCUT2D eigenvalue weighted by Gasteiger charge is 2.19. The molecule has 148 valence electrons. The quantitative estimate of drug-likeness (QED) is 0.485. The summed E-state index contributed by atoms with van der Waals surface area (Å²) in [7, 11) is 1.61. The van der Waals surface area contributed by atoms with Crippen LogP contribution in [0, 0.1) is 6.92 Å². The van der Waals surface area contributed by atoms with Gasteiger partial charge in [-0.2, -0.15) is 0 Å². The topological polar surface area (TPSA) is 39.4 Å². The maximum absolute atomic E-state index is 6.16. The Kier molecular flexibility index (Phi) is 6.39. The normalized spacial score (nSPS) is 12.4. The molecule has 2 aromatic heterocycles. The minimum Gasteiger partial charge on any atom is -0.496 e. The van der Waals surface area contributed by atoms with Gasteiger partial charge in [-0.15, -0.1) is 22.7 Å². The number of methoxy groups -OCH3 is 1. The summed E-state index contributed by atoms with van der Waals surface area (Å²) in [5, 5.41) is 3.74. The van der Waals surface area contributed by atoms with Crippen LogP contribution in [-0.2, 0) is 12.0 Å². The lowest BCUT2D eigenvalue weighted by atomic mass is 9.95. The highest BCUT2D eigenvalue weighted by atomic mass is 35.5. The van der Waals surface area contributed by atoms with Crippen molar-refractivity contribution in [1.29, 1.82) is 0 Å². The standard InChI is InChI=1S/C20H22ClN3OS3/c1-12-22-14(11-27-12)9-24-10-17(20(2,3)4)28-19(24)23-18(26)15-8-13(21)6-7-16(15)25-5/h6-8,10-11H,9H2,1-5H3. The van der Waals surface area contributed by atoms with Crippen LogP contribution in [0.15, 0.2) is 34.8 Å². The van der Waals surface area contributed by atoms with Crippen molar-refractivity contribution in [3.63, 3.8) is 0 Å². The summed E-state index contributed by atoms with van der Waals surface area (Å²) < 4.78 is 7.54. The van der Waals surface area contributed by atoms with E-state index in [1.165, 1.54) is 4.88 Å². The molecule has 0 fully saturated rings. The molecule has 0 aliphatic carbocycles. The number of thiocarbonyl (C=S) groups is 1. The minimum absolute atomic E-state index is 0.0214. The SMILES string of the molecule is COc1ccc(Cl)cc1C(=S)N=c1sc(C(C)(C)C)cn1Cc1csc(C)n1. The van der Waals surface area contributed by atoms with Gasteiger partial charge in [0.05, 0.1) is 29.9 Å². The predicted octanol–water partition coefficient (Wildman–Crippen LogP) is 5.60. The number of halogens is 1. The predicted molar refractivity (Wildman–Crippen MR) is 122 cm³/mol. The lowest BCUT2D eigenvalue weighted by Gasteiger charge is -2.14. The molecule has 0 amide bonds. The number of thiazole rings is 2. The molecule has 0 unspecified atom stereocenters. The van der Waals surface area contributed by atoms with Gasteiger partial charge in [-0.3, -0.25) is 0 Å². The largest absolute Gasteiger partial charge is 0.496 e. The zero-order chi connectivity index (χ0) is 20.5. The van der Waals surface area contributed by atoms with Crippen molar-refractivity contribution in [1.82, 2.24) is 9.55 Å². The molecule has 1 aromatic carbocycles. The Hall–Kier alpha value is -1.54. The van der Waals surface area contributed by atoms with Gasteiger partial charge in [0, 0.05) is 21.5 Å². The van der Waals surface area contributed by atoms with Crippen LogP contribution >= 0.6 is 46.5 Å². The molecule has 3 rings (SSSR count). The summed E-state index contributed by atoms with van der Waals surface area (Å²) >= 11 is 15.1. The summed E-state index contributed by atoms with van der Waals surface area (Å²) in [5.41, 5.74) is 1.76. The number of aryl methyl sites for hydroxylation is 1. The lowest BCUT2D eigenvalue weighted by Crippen LogP contribution is -2.17. The van der Waals surface area contributed by atoms with Crippen molar-refractivity contribution >= 4 is 51.5 Å². The van der Waals surface area contributed by atoms with E-state index in [0.717, 1.165) is 15.5 Å². The van der Waals surface area contributed by atoms with Crippen LogP contribution in [0.25, 0.3) is 0 Å². The van der Waals surface area contributed by atoms with Gasteiger partial charge in [-0.1, -0.05) is 44.6 Å². The molecule has 0 bridgehead atoms. The van der Waals surface area contributed by atoms with Gasteiger partial charge in [0.2, 0.25) is 0 Å².